The fraction of sp³-hybridized carbons (Fsp3) is 0.298. The molecule has 0 saturated carbocycles. The highest BCUT2D eigenvalue weighted by molar-refractivity contribution is 6.30. The molecule has 8 aromatic carbocycles. The second kappa shape index (κ2) is 14.0. The van der Waals surface area contributed by atoms with Gasteiger partial charge in [0.15, 0.2) is 0 Å². The number of aryl methyl sites for hydroxylation is 6. The Morgan fingerprint density at radius 1 is 0.542 bits per heavy atom. The van der Waals surface area contributed by atoms with E-state index in [0.29, 0.717) is 5.92 Å². The summed E-state index contributed by atoms with van der Waals surface area (Å²) in [4.78, 5) is 5.16. The second-order valence-corrected chi connectivity index (χ2v) is 19.6. The lowest BCUT2D eigenvalue weighted by Gasteiger charge is -2.38. The van der Waals surface area contributed by atoms with E-state index in [1.807, 2.05) is 0 Å². The molecule has 2 nitrogen and oxygen atoms in total. The van der Waals surface area contributed by atoms with Crippen molar-refractivity contribution in [2.45, 2.75) is 113 Å². The number of rotatable bonds is 7. The lowest BCUT2D eigenvalue weighted by atomic mass is 9.70. The quantitative estimate of drug-likeness (QED) is 0.149. The molecule has 0 aliphatic heterocycles. The molecule has 0 N–H and O–H groups in total. The van der Waals surface area contributed by atoms with Gasteiger partial charge in [0.05, 0.1) is 22.7 Å². The molecule has 0 aromatic heterocycles. The van der Waals surface area contributed by atoms with E-state index in [4.69, 9.17) is 0 Å². The standard InChI is InChI=1S/C57H60N2/c1-34(2)46-33-50(59(55-38(6)17-14-18-39(55)7)43-25-21-41(22-26-43)56(8,9)10)47-32-48-51-40(29-30-57(48,11)12)31-49(45-28-27-44(46)52(47)53(45)51)58(42-23-19-35(3)20-24-42)54-36(4)15-13-16-37(54)5/h13-28,31-34H,29-30H2,1-12H3. The molecule has 1 aliphatic carbocycles. The van der Waals surface area contributed by atoms with Crippen molar-refractivity contribution in [1.82, 2.24) is 0 Å². The molecule has 0 spiro atoms. The number of benzene rings is 8. The number of nitrogens with zero attached hydrogens (tertiary/aromatic N) is 2. The Bertz CT molecular complexity index is 2860. The lowest BCUT2D eigenvalue weighted by Crippen LogP contribution is -2.24. The molecular formula is C57H60N2. The molecule has 1 aliphatic rings. The van der Waals surface area contributed by atoms with E-state index in [0.717, 1.165) is 12.8 Å². The Morgan fingerprint density at radius 2 is 1.05 bits per heavy atom. The predicted molar refractivity (Wildman–Crippen MR) is 257 cm³/mol. The summed E-state index contributed by atoms with van der Waals surface area (Å²) in [5.74, 6) is 0.322. The van der Waals surface area contributed by atoms with Gasteiger partial charge in [0.25, 0.3) is 0 Å². The van der Waals surface area contributed by atoms with E-state index in [1.54, 1.807) is 0 Å². The van der Waals surface area contributed by atoms with Gasteiger partial charge in [-0.15, -0.1) is 0 Å². The average molecular weight is 773 g/mol. The molecule has 59 heavy (non-hydrogen) atoms. The van der Waals surface area contributed by atoms with Crippen LogP contribution in [-0.4, -0.2) is 0 Å². The Labute approximate surface area is 352 Å². The largest absolute Gasteiger partial charge is 0.309 e. The minimum absolute atomic E-state index is 0.0102. The Hall–Kier alpha value is -5.60. The second-order valence-electron chi connectivity index (χ2n) is 19.6. The van der Waals surface area contributed by atoms with Crippen molar-refractivity contribution in [2.75, 3.05) is 9.80 Å². The molecule has 2 heteroatoms. The summed E-state index contributed by atoms with van der Waals surface area (Å²) in [6.07, 6.45) is 2.15. The van der Waals surface area contributed by atoms with E-state index in [-0.39, 0.29) is 10.8 Å². The van der Waals surface area contributed by atoms with Crippen LogP contribution in [0.1, 0.15) is 111 Å². The molecule has 0 fully saturated rings. The molecule has 9 rings (SSSR count). The third kappa shape index (κ3) is 6.30. The van der Waals surface area contributed by atoms with Crippen molar-refractivity contribution in [3.05, 3.63) is 165 Å². The smallest absolute Gasteiger partial charge is 0.0543 e. The third-order valence-electron chi connectivity index (χ3n) is 13.5. The third-order valence-corrected chi connectivity index (χ3v) is 13.5. The van der Waals surface area contributed by atoms with E-state index < -0.39 is 0 Å². The Morgan fingerprint density at radius 3 is 1.58 bits per heavy atom. The van der Waals surface area contributed by atoms with Crippen molar-refractivity contribution >= 4 is 66.4 Å². The summed E-state index contributed by atoms with van der Waals surface area (Å²) in [7, 11) is 0. The number of hydrogen-bond donors (Lipinski definition) is 0. The van der Waals surface area contributed by atoms with Crippen LogP contribution in [0.5, 0.6) is 0 Å². The van der Waals surface area contributed by atoms with Crippen LogP contribution in [0.25, 0.3) is 32.3 Å². The van der Waals surface area contributed by atoms with Crippen LogP contribution in [0.4, 0.5) is 34.1 Å². The first kappa shape index (κ1) is 38.9. The fourth-order valence-corrected chi connectivity index (χ4v) is 10.2. The predicted octanol–water partition coefficient (Wildman–Crippen LogP) is 16.7. The molecule has 298 valence electrons. The zero-order valence-corrected chi connectivity index (χ0v) is 37.4. The topological polar surface area (TPSA) is 6.48 Å². The maximum atomic E-state index is 2.61. The van der Waals surface area contributed by atoms with Gasteiger partial charge in [0, 0.05) is 27.5 Å². The molecule has 8 aromatic rings. The maximum Gasteiger partial charge on any atom is 0.0543 e. The van der Waals surface area contributed by atoms with Crippen molar-refractivity contribution in [3.63, 3.8) is 0 Å². The van der Waals surface area contributed by atoms with Crippen LogP contribution >= 0.6 is 0 Å². The molecular weight excluding hydrogens is 713 g/mol. The molecule has 0 unspecified atom stereocenters. The summed E-state index contributed by atoms with van der Waals surface area (Å²) < 4.78 is 0. The van der Waals surface area contributed by atoms with Crippen LogP contribution in [0.2, 0.25) is 0 Å². The Kier molecular flexibility index (Phi) is 9.24. The molecule has 0 amide bonds. The van der Waals surface area contributed by atoms with E-state index in [1.165, 1.54) is 117 Å². The highest BCUT2D eigenvalue weighted by Crippen LogP contribution is 2.55. The Balaban J connectivity index is 1.46. The van der Waals surface area contributed by atoms with Crippen LogP contribution in [-0.2, 0) is 17.3 Å². The zero-order chi connectivity index (χ0) is 41.7. The highest BCUT2D eigenvalue weighted by Gasteiger charge is 2.34. The van der Waals surface area contributed by atoms with E-state index in [2.05, 4.69) is 208 Å². The number of anilines is 6. The van der Waals surface area contributed by atoms with Gasteiger partial charge in [-0.25, -0.2) is 0 Å². The first-order valence-corrected chi connectivity index (χ1v) is 21.8. The van der Waals surface area contributed by atoms with Crippen LogP contribution < -0.4 is 9.80 Å². The van der Waals surface area contributed by atoms with Gasteiger partial charge in [-0.05, 0) is 167 Å². The maximum absolute atomic E-state index is 2.61. The highest BCUT2D eigenvalue weighted by atomic mass is 15.2. The molecule has 0 heterocycles. The van der Waals surface area contributed by atoms with E-state index >= 15 is 0 Å². The minimum Gasteiger partial charge on any atom is -0.309 e. The summed E-state index contributed by atoms with van der Waals surface area (Å²) in [5, 5.41) is 8.26. The van der Waals surface area contributed by atoms with Crippen molar-refractivity contribution in [1.29, 1.82) is 0 Å². The monoisotopic (exact) mass is 772 g/mol. The van der Waals surface area contributed by atoms with Gasteiger partial charge in [-0.1, -0.05) is 127 Å². The SMILES string of the molecule is Cc1ccc(N(c2c(C)cccc2C)c2cc3c4c(cc5c(N(c6ccc(C(C)(C)C)cc6)c6c(C)cccc6C)cc(C(C)C)c6ccc2c4c65)C(C)(C)CC3)cc1. The molecule has 0 radical (unpaired) electrons. The normalized spacial score (nSPS) is 13.9. The summed E-state index contributed by atoms with van der Waals surface area (Å²) in [6, 6.07) is 44.6. The van der Waals surface area contributed by atoms with Crippen molar-refractivity contribution in [3.8, 4) is 0 Å². The zero-order valence-electron chi connectivity index (χ0n) is 37.4. The summed E-state index contributed by atoms with van der Waals surface area (Å²) >= 11 is 0. The van der Waals surface area contributed by atoms with Gasteiger partial charge < -0.3 is 9.80 Å². The van der Waals surface area contributed by atoms with Gasteiger partial charge in [-0.2, -0.15) is 0 Å². The van der Waals surface area contributed by atoms with Crippen molar-refractivity contribution < 1.29 is 0 Å². The van der Waals surface area contributed by atoms with Crippen LogP contribution in [0.3, 0.4) is 0 Å². The van der Waals surface area contributed by atoms with Gasteiger partial charge in [0.2, 0.25) is 0 Å². The fourth-order valence-electron chi connectivity index (χ4n) is 10.2. The lowest BCUT2D eigenvalue weighted by molar-refractivity contribution is 0.475. The van der Waals surface area contributed by atoms with Gasteiger partial charge in [-0.3, -0.25) is 0 Å². The first-order chi connectivity index (χ1) is 28.0. The number of para-hydroxylation sites is 2. The van der Waals surface area contributed by atoms with Gasteiger partial charge >= 0.3 is 0 Å². The average Bonchev–Trinajstić information content (AvgIpc) is 3.19. The van der Waals surface area contributed by atoms with E-state index in [9.17, 15) is 0 Å². The molecule has 0 saturated heterocycles. The van der Waals surface area contributed by atoms with Crippen molar-refractivity contribution in [2.24, 2.45) is 0 Å². The molecule has 0 atom stereocenters. The number of hydrogen-bond acceptors (Lipinski definition) is 2. The summed E-state index contributed by atoms with van der Waals surface area (Å²) in [6.45, 7) is 27.8. The van der Waals surface area contributed by atoms with Crippen LogP contribution in [0, 0.1) is 34.6 Å². The molecule has 0 bridgehead atoms. The first-order valence-electron chi connectivity index (χ1n) is 21.8. The van der Waals surface area contributed by atoms with Gasteiger partial charge in [0.1, 0.15) is 0 Å². The minimum atomic E-state index is 0.0102. The summed E-state index contributed by atoms with van der Waals surface area (Å²) in [5.41, 5.74) is 19.5. The van der Waals surface area contributed by atoms with Crippen LogP contribution in [0.15, 0.2) is 115 Å².